The van der Waals surface area contributed by atoms with Crippen molar-refractivity contribution < 1.29 is 10.2 Å². The Labute approximate surface area is 103 Å². The van der Waals surface area contributed by atoms with Crippen LogP contribution in [0.3, 0.4) is 0 Å². The first kappa shape index (κ1) is 13.4. The highest BCUT2D eigenvalue weighted by molar-refractivity contribution is 5.38. The van der Waals surface area contributed by atoms with Crippen molar-refractivity contribution in [3.63, 3.8) is 0 Å². The topological polar surface area (TPSA) is 40.5 Å². The zero-order valence-corrected chi connectivity index (χ0v) is 10.4. The minimum absolute atomic E-state index is 0.0877. The average molecular weight is 232 g/mol. The highest BCUT2D eigenvalue weighted by atomic mass is 16.3. The Balaban J connectivity index is 2.32. The first-order valence-electron chi connectivity index (χ1n) is 6.20. The van der Waals surface area contributed by atoms with Gasteiger partial charge in [-0.25, -0.2) is 0 Å². The van der Waals surface area contributed by atoms with Crippen LogP contribution < -0.4 is 0 Å². The van der Waals surface area contributed by atoms with Crippen LogP contribution in [0.5, 0.6) is 11.5 Å². The maximum absolute atomic E-state index is 9.29. The van der Waals surface area contributed by atoms with Crippen molar-refractivity contribution in [1.82, 2.24) is 0 Å². The van der Waals surface area contributed by atoms with E-state index in [0.29, 0.717) is 6.42 Å². The summed E-state index contributed by atoms with van der Waals surface area (Å²) >= 11 is 0. The average Bonchev–Trinajstić information content (AvgIpc) is 2.26. The molecule has 92 valence electrons. The number of unbranched alkanes of at least 4 members (excludes halogenated alkanes) is 4. The molecule has 0 spiro atoms. The van der Waals surface area contributed by atoms with Crippen LogP contribution in [0, 0.1) is 11.8 Å². The smallest absolute Gasteiger partial charge is 0.119 e. The molecule has 17 heavy (non-hydrogen) atoms. The van der Waals surface area contributed by atoms with Crippen LogP contribution in [-0.2, 0) is 6.42 Å². The summed E-state index contributed by atoms with van der Waals surface area (Å²) in [5.74, 6) is 6.35. The zero-order valence-electron chi connectivity index (χ0n) is 10.4. The fourth-order valence-corrected chi connectivity index (χ4v) is 1.65. The summed E-state index contributed by atoms with van der Waals surface area (Å²) in [5, 5.41) is 18.6. The van der Waals surface area contributed by atoms with Gasteiger partial charge in [0.05, 0.1) is 0 Å². The molecule has 2 nitrogen and oxygen atoms in total. The van der Waals surface area contributed by atoms with Gasteiger partial charge in [-0.15, -0.1) is 5.92 Å². The molecular formula is C15H20O2. The summed E-state index contributed by atoms with van der Waals surface area (Å²) in [6.45, 7) is 2.19. The summed E-state index contributed by atoms with van der Waals surface area (Å²) in [7, 11) is 0. The molecule has 1 rings (SSSR count). The van der Waals surface area contributed by atoms with Crippen LogP contribution in [-0.4, -0.2) is 10.2 Å². The van der Waals surface area contributed by atoms with Gasteiger partial charge >= 0.3 is 0 Å². The molecule has 0 aliphatic heterocycles. The van der Waals surface area contributed by atoms with E-state index in [2.05, 4.69) is 18.8 Å². The van der Waals surface area contributed by atoms with Gasteiger partial charge in [0.1, 0.15) is 11.5 Å². The van der Waals surface area contributed by atoms with Crippen LogP contribution in [0.4, 0.5) is 0 Å². The second-order valence-corrected chi connectivity index (χ2v) is 4.20. The molecule has 0 saturated heterocycles. The summed E-state index contributed by atoms with van der Waals surface area (Å²) in [5.41, 5.74) is 0.851. The first-order valence-corrected chi connectivity index (χ1v) is 6.20. The van der Waals surface area contributed by atoms with Gasteiger partial charge in [-0.3, -0.25) is 0 Å². The number of hydrogen-bond donors (Lipinski definition) is 2. The Morgan fingerprint density at radius 3 is 2.29 bits per heavy atom. The Bertz CT molecular complexity index is 379. The third kappa shape index (κ3) is 5.87. The fraction of sp³-hybridized carbons (Fsp3) is 0.467. The van der Waals surface area contributed by atoms with E-state index < -0.39 is 0 Å². The zero-order chi connectivity index (χ0) is 12.5. The normalized spacial score (nSPS) is 9.71. The van der Waals surface area contributed by atoms with Gasteiger partial charge in [-0.2, -0.15) is 0 Å². The molecule has 0 heterocycles. The molecule has 1 aromatic carbocycles. The summed E-state index contributed by atoms with van der Waals surface area (Å²) in [6, 6.07) is 4.58. The molecule has 0 unspecified atom stereocenters. The summed E-state index contributed by atoms with van der Waals surface area (Å²) in [4.78, 5) is 0. The van der Waals surface area contributed by atoms with Gasteiger partial charge in [0.15, 0.2) is 0 Å². The molecule has 0 fully saturated rings. The van der Waals surface area contributed by atoms with E-state index in [9.17, 15) is 10.2 Å². The monoisotopic (exact) mass is 232 g/mol. The number of aromatic hydroxyl groups is 2. The second-order valence-electron chi connectivity index (χ2n) is 4.20. The van der Waals surface area contributed by atoms with Gasteiger partial charge in [-0.1, -0.05) is 32.1 Å². The lowest BCUT2D eigenvalue weighted by molar-refractivity contribution is 0.449. The highest BCUT2D eigenvalue weighted by Gasteiger charge is 1.96. The van der Waals surface area contributed by atoms with Crippen molar-refractivity contribution >= 4 is 0 Å². The molecule has 1 aromatic rings. The van der Waals surface area contributed by atoms with Crippen molar-refractivity contribution in [3.05, 3.63) is 23.8 Å². The van der Waals surface area contributed by atoms with Crippen molar-refractivity contribution in [2.24, 2.45) is 0 Å². The Hall–Kier alpha value is -1.62. The first-order chi connectivity index (χ1) is 8.22. The Morgan fingerprint density at radius 2 is 1.65 bits per heavy atom. The third-order valence-electron chi connectivity index (χ3n) is 2.54. The molecule has 0 atom stereocenters. The Morgan fingerprint density at radius 1 is 0.941 bits per heavy atom. The van der Waals surface area contributed by atoms with E-state index in [4.69, 9.17) is 0 Å². The van der Waals surface area contributed by atoms with E-state index in [1.165, 1.54) is 25.3 Å². The molecule has 0 saturated carbocycles. The molecule has 2 heteroatoms. The number of rotatable bonds is 5. The van der Waals surface area contributed by atoms with E-state index in [1.807, 2.05) is 0 Å². The number of phenolic OH excluding ortho intramolecular Hbond substituents is 2. The van der Waals surface area contributed by atoms with Crippen LogP contribution >= 0.6 is 0 Å². The minimum atomic E-state index is 0.0877. The van der Waals surface area contributed by atoms with Crippen LogP contribution in [0.1, 0.15) is 44.6 Å². The molecule has 0 aromatic heterocycles. The largest absolute Gasteiger partial charge is 0.508 e. The van der Waals surface area contributed by atoms with E-state index in [-0.39, 0.29) is 11.5 Å². The predicted molar refractivity (Wildman–Crippen MR) is 70.0 cm³/mol. The molecule has 0 aliphatic carbocycles. The third-order valence-corrected chi connectivity index (χ3v) is 2.54. The molecular weight excluding hydrogens is 212 g/mol. The standard InChI is InChI=1S/C15H20O2/c1-2-3-4-5-6-7-8-9-13-10-14(16)12-15(17)11-13/h10-12,16-17H,2-6,9H2,1H3. The molecule has 0 amide bonds. The lowest BCUT2D eigenvalue weighted by Crippen LogP contribution is -1.81. The van der Waals surface area contributed by atoms with Gasteiger partial charge in [0, 0.05) is 18.9 Å². The van der Waals surface area contributed by atoms with Gasteiger partial charge in [-0.05, 0) is 24.1 Å². The molecule has 2 N–H and O–H groups in total. The van der Waals surface area contributed by atoms with Crippen molar-refractivity contribution in [1.29, 1.82) is 0 Å². The van der Waals surface area contributed by atoms with Crippen molar-refractivity contribution in [2.75, 3.05) is 0 Å². The van der Waals surface area contributed by atoms with Crippen LogP contribution in [0.2, 0.25) is 0 Å². The SMILES string of the molecule is CCCCCCC#CCc1cc(O)cc(O)c1. The number of hydrogen-bond acceptors (Lipinski definition) is 2. The minimum Gasteiger partial charge on any atom is -0.508 e. The van der Waals surface area contributed by atoms with Crippen molar-refractivity contribution in [2.45, 2.75) is 45.4 Å². The molecule has 0 bridgehead atoms. The number of phenols is 2. The molecule has 0 radical (unpaired) electrons. The van der Waals surface area contributed by atoms with Crippen LogP contribution in [0.15, 0.2) is 18.2 Å². The van der Waals surface area contributed by atoms with E-state index in [0.717, 1.165) is 18.4 Å². The van der Waals surface area contributed by atoms with E-state index >= 15 is 0 Å². The summed E-state index contributed by atoms with van der Waals surface area (Å²) < 4.78 is 0. The maximum atomic E-state index is 9.29. The maximum Gasteiger partial charge on any atom is 0.119 e. The van der Waals surface area contributed by atoms with Crippen LogP contribution in [0.25, 0.3) is 0 Å². The van der Waals surface area contributed by atoms with Gasteiger partial charge in [0.2, 0.25) is 0 Å². The van der Waals surface area contributed by atoms with Crippen molar-refractivity contribution in [3.8, 4) is 23.3 Å². The lowest BCUT2D eigenvalue weighted by atomic mass is 10.1. The predicted octanol–water partition coefficient (Wildman–Crippen LogP) is 3.61. The molecule has 0 aliphatic rings. The Kier molecular flexibility index (Phi) is 6.03. The lowest BCUT2D eigenvalue weighted by Gasteiger charge is -1.98. The fourth-order valence-electron chi connectivity index (χ4n) is 1.65. The van der Waals surface area contributed by atoms with E-state index in [1.54, 1.807) is 12.1 Å². The van der Waals surface area contributed by atoms with Gasteiger partial charge < -0.3 is 10.2 Å². The summed E-state index contributed by atoms with van der Waals surface area (Å²) in [6.07, 6.45) is 6.45. The number of benzene rings is 1. The van der Waals surface area contributed by atoms with Gasteiger partial charge in [0.25, 0.3) is 0 Å². The quantitative estimate of drug-likeness (QED) is 0.601. The highest BCUT2D eigenvalue weighted by Crippen LogP contribution is 2.20. The second kappa shape index (κ2) is 7.62.